The van der Waals surface area contributed by atoms with Gasteiger partial charge < -0.3 is 44.1 Å². The maximum Gasteiger partial charge on any atom is 0.338 e. The summed E-state index contributed by atoms with van der Waals surface area (Å²) in [5, 5.41) is 40.6. The van der Waals surface area contributed by atoms with E-state index >= 15 is 0 Å². The van der Waals surface area contributed by atoms with Gasteiger partial charge in [0.2, 0.25) is 0 Å². The van der Waals surface area contributed by atoms with Gasteiger partial charge in [-0.2, -0.15) is 0 Å². The zero-order chi connectivity index (χ0) is 25.2. The molecule has 0 spiro atoms. The highest BCUT2D eigenvalue weighted by Crippen LogP contribution is 2.74. The first-order chi connectivity index (χ1) is 16.6. The molecule has 6 rings (SSSR count). The molecule has 3 saturated carbocycles. The number of esters is 1. The first-order valence-electron chi connectivity index (χ1n) is 11.6. The third kappa shape index (κ3) is 3.27. The van der Waals surface area contributed by atoms with Crippen molar-refractivity contribution in [1.29, 1.82) is 0 Å². The Balaban J connectivity index is 1.49. The van der Waals surface area contributed by atoms with Crippen LogP contribution in [0.25, 0.3) is 0 Å². The fourth-order valence-corrected chi connectivity index (χ4v) is 6.38. The van der Waals surface area contributed by atoms with E-state index in [0.29, 0.717) is 5.56 Å². The molecule has 192 valence electrons. The number of fused-ring (bicyclic) bond motifs is 1. The summed E-state index contributed by atoms with van der Waals surface area (Å²) in [7, 11) is 1.42. The molecule has 35 heavy (non-hydrogen) atoms. The van der Waals surface area contributed by atoms with Gasteiger partial charge in [-0.1, -0.05) is 18.2 Å². The van der Waals surface area contributed by atoms with Crippen molar-refractivity contribution in [3.05, 3.63) is 35.9 Å². The molecule has 0 radical (unpaired) electrons. The highest BCUT2D eigenvalue weighted by Gasteiger charge is 2.87. The van der Waals surface area contributed by atoms with E-state index in [1.165, 1.54) is 7.11 Å². The third-order valence-electron chi connectivity index (χ3n) is 8.24. The second-order valence-corrected chi connectivity index (χ2v) is 9.94. The van der Waals surface area contributed by atoms with Crippen LogP contribution >= 0.6 is 0 Å². The van der Waals surface area contributed by atoms with E-state index in [4.69, 9.17) is 23.7 Å². The predicted octanol–water partition coefficient (Wildman–Crippen LogP) is -0.861. The number of aliphatic hydroxyl groups is 4. The second kappa shape index (κ2) is 8.56. The van der Waals surface area contributed by atoms with E-state index in [9.17, 15) is 30.0 Å². The number of Topliss-reactive ketones (excluding diaryl/α,β-unsaturated/α-hetero) is 1. The summed E-state index contributed by atoms with van der Waals surface area (Å²) in [6.45, 7) is 0.812. The lowest BCUT2D eigenvalue weighted by Crippen LogP contribution is -2.80. The van der Waals surface area contributed by atoms with E-state index in [1.54, 1.807) is 37.3 Å². The Morgan fingerprint density at radius 2 is 1.86 bits per heavy atom. The molecule has 5 fully saturated rings. The van der Waals surface area contributed by atoms with Crippen LogP contribution in [0.5, 0.6) is 0 Å². The van der Waals surface area contributed by atoms with Gasteiger partial charge in [-0.3, -0.25) is 4.79 Å². The number of hydrogen-bond acceptors (Lipinski definition) is 11. The molecule has 5 aliphatic rings. The van der Waals surface area contributed by atoms with Gasteiger partial charge in [0, 0.05) is 19.4 Å². The lowest BCUT2D eigenvalue weighted by atomic mass is 9.41. The monoisotopic (exact) mass is 494 g/mol. The summed E-state index contributed by atoms with van der Waals surface area (Å²) < 4.78 is 29.5. The molecule has 2 heterocycles. The van der Waals surface area contributed by atoms with Crippen molar-refractivity contribution < 1.29 is 53.7 Å². The molecule has 10 atom stereocenters. The van der Waals surface area contributed by atoms with Crippen LogP contribution in [-0.4, -0.2) is 101 Å². The number of ether oxygens (including phenoxy) is 5. The average Bonchev–Trinajstić information content (AvgIpc) is 2.93. The molecule has 1 aromatic carbocycles. The quantitative estimate of drug-likeness (QED) is 0.349. The SMILES string of the molecule is CO[C@@H]1O[C@@]2(C)CC(=O)[C@H]3C[C@]2(O[C@@H]2O[C@H](CO)[C@@H](O)[C@H](O)[C@H]2O)C13COC(=O)c1ccccc1. The third-order valence-corrected chi connectivity index (χ3v) is 8.24. The van der Waals surface area contributed by atoms with Gasteiger partial charge in [0.05, 0.1) is 17.6 Å². The van der Waals surface area contributed by atoms with Gasteiger partial charge in [-0.15, -0.1) is 0 Å². The molecular weight excluding hydrogens is 464 g/mol. The highest BCUT2D eigenvalue weighted by molar-refractivity contribution is 5.90. The van der Waals surface area contributed by atoms with E-state index in [0.717, 1.165) is 0 Å². The first kappa shape index (κ1) is 24.7. The number of carbonyl (C=O) groups excluding carboxylic acids is 2. The molecule has 2 saturated heterocycles. The summed E-state index contributed by atoms with van der Waals surface area (Å²) in [5.41, 5.74) is -3.41. The molecular formula is C24H30O11. The normalized spacial score (nSPS) is 46.2. The molecule has 1 unspecified atom stereocenters. The number of benzene rings is 1. The van der Waals surface area contributed by atoms with Crippen LogP contribution in [0.2, 0.25) is 0 Å². The van der Waals surface area contributed by atoms with Crippen molar-refractivity contribution >= 4 is 11.8 Å². The highest BCUT2D eigenvalue weighted by atomic mass is 16.8. The van der Waals surface area contributed by atoms with Gasteiger partial charge in [-0.25, -0.2) is 4.79 Å². The van der Waals surface area contributed by atoms with Crippen LogP contribution < -0.4 is 0 Å². The zero-order valence-corrected chi connectivity index (χ0v) is 19.4. The summed E-state index contributed by atoms with van der Waals surface area (Å²) in [5.74, 6) is -1.28. The molecule has 4 bridgehead atoms. The Morgan fingerprint density at radius 1 is 1.14 bits per heavy atom. The first-order valence-corrected chi connectivity index (χ1v) is 11.6. The number of carbonyl (C=O) groups is 2. The number of aliphatic hydroxyl groups excluding tert-OH is 4. The van der Waals surface area contributed by atoms with Crippen molar-refractivity contribution in [3.8, 4) is 0 Å². The summed E-state index contributed by atoms with van der Waals surface area (Å²) in [6.07, 6.45) is -8.23. The molecule has 1 aromatic rings. The lowest BCUT2D eigenvalue weighted by Gasteiger charge is -2.66. The minimum Gasteiger partial charge on any atom is -0.461 e. The molecule has 0 aromatic heterocycles. The molecule has 3 aliphatic carbocycles. The average molecular weight is 494 g/mol. The Morgan fingerprint density at radius 3 is 2.51 bits per heavy atom. The number of hydrogen-bond donors (Lipinski definition) is 4. The van der Waals surface area contributed by atoms with Gasteiger partial charge in [0.1, 0.15) is 48.0 Å². The van der Waals surface area contributed by atoms with E-state index < -0.39 is 72.1 Å². The number of rotatable bonds is 7. The van der Waals surface area contributed by atoms with E-state index in [2.05, 4.69) is 0 Å². The maximum atomic E-state index is 13.1. The number of methoxy groups -OCH3 is 1. The minimum absolute atomic E-state index is 0.00330. The smallest absolute Gasteiger partial charge is 0.338 e. The van der Waals surface area contributed by atoms with Crippen LogP contribution in [0.1, 0.15) is 30.1 Å². The van der Waals surface area contributed by atoms with Gasteiger partial charge in [0.25, 0.3) is 0 Å². The predicted molar refractivity (Wildman–Crippen MR) is 115 cm³/mol. The molecule has 11 nitrogen and oxygen atoms in total. The van der Waals surface area contributed by atoms with Gasteiger partial charge in [-0.05, 0) is 25.5 Å². The fraction of sp³-hybridized carbons (Fsp3) is 0.667. The molecule has 11 heteroatoms. The van der Waals surface area contributed by atoms with Crippen molar-refractivity contribution in [2.75, 3.05) is 20.3 Å². The Kier molecular flexibility index (Phi) is 6.05. The molecule has 4 N–H and O–H groups in total. The van der Waals surface area contributed by atoms with Gasteiger partial charge >= 0.3 is 5.97 Å². The van der Waals surface area contributed by atoms with E-state index in [1.807, 2.05) is 0 Å². The maximum absolute atomic E-state index is 13.1. The van der Waals surface area contributed by atoms with Crippen LogP contribution in [0, 0.1) is 11.3 Å². The number of ketones is 1. The Bertz CT molecular complexity index is 985. The largest absolute Gasteiger partial charge is 0.461 e. The Labute approximate surface area is 201 Å². The van der Waals surface area contributed by atoms with Crippen LogP contribution in [0.15, 0.2) is 30.3 Å². The topological polar surface area (TPSA) is 161 Å². The minimum atomic E-state index is -1.65. The zero-order valence-electron chi connectivity index (χ0n) is 19.4. The molecule has 2 aliphatic heterocycles. The second-order valence-electron chi connectivity index (χ2n) is 9.94. The summed E-state index contributed by atoms with van der Waals surface area (Å²) in [6, 6.07) is 8.39. The molecule has 0 amide bonds. The fourth-order valence-electron chi connectivity index (χ4n) is 6.38. The van der Waals surface area contributed by atoms with Crippen LogP contribution in [0.3, 0.4) is 0 Å². The lowest BCUT2D eigenvalue weighted by molar-refractivity contribution is -0.381. The van der Waals surface area contributed by atoms with Crippen LogP contribution in [0.4, 0.5) is 0 Å². The van der Waals surface area contributed by atoms with Crippen LogP contribution in [-0.2, 0) is 28.5 Å². The van der Waals surface area contributed by atoms with Crippen molar-refractivity contribution in [2.24, 2.45) is 11.3 Å². The summed E-state index contributed by atoms with van der Waals surface area (Å²) in [4.78, 5) is 25.8. The van der Waals surface area contributed by atoms with Gasteiger partial charge in [0.15, 0.2) is 12.6 Å². The van der Waals surface area contributed by atoms with E-state index in [-0.39, 0.29) is 25.2 Å². The van der Waals surface area contributed by atoms with Crippen molar-refractivity contribution in [2.45, 2.75) is 68.0 Å². The Hall–Kier alpha value is -1.96. The van der Waals surface area contributed by atoms with Crippen molar-refractivity contribution in [1.82, 2.24) is 0 Å². The standard InChI is InChI=1S/C24H30O11/c1-22-9-14(26)13-8-24(22,34-20-18(29)17(28)16(27)15(10-25)33-20)23(13,21(31-2)35-22)11-32-19(30)12-6-4-3-5-7-12/h3-7,13,15-18,20-21,25,27-29H,8-11H2,1-2H3/t13-,15-,16-,17+,18-,20+,21-,22+,23?,24-/m1/s1. The van der Waals surface area contributed by atoms with Crippen molar-refractivity contribution in [3.63, 3.8) is 0 Å². The summed E-state index contributed by atoms with van der Waals surface area (Å²) >= 11 is 0.